The van der Waals surface area contributed by atoms with Crippen molar-refractivity contribution in [2.75, 3.05) is 20.8 Å². The zero-order valence-corrected chi connectivity index (χ0v) is 20.4. The van der Waals surface area contributed by atoms with Gasteiger partial charge in [0.15, 0.2) is 0 Å². The van der Waals surface area contributed by atoms with Gasteiger partial charge in [-0.2, -0.15) is 0 Å². The number of fused-ring (bicyclic) bond motifs is 1. The van der Waals surface area contributed by atoms with Crippen LogP contribution in [0.15, 0.2) is 72.8 Å². The number of nitrogens with one attached hydrogen (secondary N) is 1. The third-order valence-corrected chi connectivity index (χ3v) is 5.86. The van der Waals surface area contributed by atoms with Crippen molar-refractivity contribution >= 4 is 16.9 Å². The Morgan fingerprint density at radius 2 is 1.66 bits per heavy atom. The Hall–Kier alpha value is -4.00. The average molecular weight is 474 g/mol. The number of unbranched alkanes of at least 4 members (excludes halogenated alkanes) is 1. The van der Waals surface area contributed by atoms with E-state index in [-0.39, 0.29) is 11.9 Å². The van der Waals surface area contributed by atoms with Gasteiger partial charge in [0.05, 0.1) is 37.9 Å². The SMILES string of the molecule is COc1ccc(OCCCCn2c(C(C)NC(=O)c3cccc(OC)c3)nc3ccccc32)cc1. The molecule has 0 saturated heterocycles. The lowest BCUT2D eigenvalue weighted by molar-refractivity contribution is 0.0937. The number of hydrogen-bond donors (Lipinski definition) is 1. The lowest BCUT2D eigenvalue weighted by Gasteiger charge is -2.17. The van der Waals surface area contributed by atoms with Crippen molar-refractivity contribution < 1.29 is 19.0 Å². The lowest BCUT2D eigenvalue weighted by Crippen LogP contribution is -2.28. The highest BCUT2D eigenvalue weighted by Crippen LogP contribution is 2.23. The molecule has 1 aromatic heterocycles. The molecule has 0 radical (unpaired) electrons. The minimum Gasteiger partial charge on any atom is -0.497 e. The standard InChI is InChI=1S/C28H31N3O4/c1-20(29-28(32)21-9-8-10-24(19-21)34-3)27-30-25-11-4-5-12-26(25)31(27)17-6-7-18-35-23-15-13-22(33-2)14-16-23/h4-5,8-16,19-20H,6-7,17-18H2,1-3H3,(H,29,32). The van der Waals surface area contributed by atoms with Crippen molar-refractivity contribution in [3.63, 3.8) is 0 Å². The molecule has 1 amide bonds. The number of benzene rings is 3. The first-order valence-electron chi connectivity index (χ1n) is 11.8. The van der Waals surface area contributed by atoms with E-state index in [0.29, 0.717) is 17.9 Å². The highest BCUT2D eigenvalue weighted by atomic mass is 16.5. The Morgan fingerprint density at radius 1 is 0.914 bits per heavy atom. The molecule has 1 unspecified atom stereocenters. The van der Waals surface area contributed by atoms with Gasteiger partial charge in [-0.05, 0) is 74.4 Å². The number of aryl methyl sites for hydroxylation is 1. The zero-order chi connectivity index (χ0) is 24.6. The van der Waals surface area contributed by atoms with E-state index < -0.39 is 0 Å². The number of rotatable bonds is 11. The number of carbonyl (C=O) groups excluding carboxylic acids is 1. The van der Waals surface area contributed by atoms with Gasteiger partial charge in [0.25, 0.3) is 5.91 Å². The van der Waals surface area contributed by atoms with Gasteiger partial charge in [-0.15, -0.1) is 0 Å². The van der Waals surface area contributed by atoms with Gasteiger partial charge in [-0.25, -0.2) is 4.98 Å². The Morgan fingerprint density at radius 3 is 2.43 bits per heavy atom. The lowest BCUT2D eigenvalue weighted by atomic mass is 10.2. The molecule has 4 rings (SSSR count). The fourth-order valence-corrected chi connectivity index (χ4v) is 4.00. The van der Waals surface area contributed by atoms with E-state index >= 15 is 0 Å². The largest absolute Gasteiger partial charge is 0.497 e. The third kappa shape index (κ3) is 5.93. The summed E-state index contributed by atoms with van der Waals surface area (Å²) < 4.78 is 18.5. The molecular weight excluding hydrogens is 442 g/mol. The summed E-state index contributed by atoms with van der Waals surface area (Å²) in [5.74, 6) is 2.95. The van der Waals surface area contributed by atoms with E-state index in [9.17, 15) is 4.79 Å². The summed E-state index contributed by atoms with van der Waals surface area (Å²) in [6.07, 6.45) is 1.81. The van der Waals surface area contributed by atoms with Crippen LogP contribution in [0.4, 0.5) is 0 Å². The minimum atomic E-state index is -0.267. The van der Waals surface area contributed by atoms with E-state index in [4.69, 9.17) is 19.2 Å². The van der Waals surface area contributed by atoms with Gasteiger partial charge in [0.2, 0.25) is 0 Å². The maximum absolute atomic E-state index is 12.9. The zero-order valence-electron chi connectivity index (χ0n) is 20.4. The van der Waals surface area contributed by atoms with Crippen molar-refractivity contribution in [3.8, 4) is 17.2 Å². The Kier molecular flexibility index (Phi) is 7.88. The first-order chi connectivity index (χ1) is 17.1. The Balaban J connectivity index is 1.40. The maximum atomic E-state index is 12.9. The number of hydrogen-bond acceptors (Lipinski definition) is 5. The van der Waals surface area contributed by atoms with E-state index in [1.165, 1.54) is 0 Å². The fourth-order valence-electron chi connectivity index (χ4n) is 4.00. The maximum Gasteiger partial charge on any atom is 0.251 e. The second-order valence-corrected chi connectivity index (χ2v) is 8.27. The number of ether oxygens (including phenoxy) is 3. The van der Waals surface area contributed by atoms with E-state index in [1.807, 2.05) is 61.5 Å². The smallest absolute Gasteiger partial charge is 0.251 e. The van der Waals surface area contributed by atoms with Crippen molar-refractivity contribution in [3.05, 3.63) is 84.2 Å². The van der Waals surface area contributed by atoms with E-state index in [0.717, 1.165) is 47.7 Å². The first-order valence-corrected chi connectivity index (χ1v) is 11.8. The highest BCUT2D eigenvalue weighted by Gasteiger charge is 2.19. The number of para-hydroxylation sites is 2. The third-order valence-electron chi connectivity index (χ3n) is 5.86. The number of amides is 1. The topological polar surface area (TPSA) is 74.6 Å². The molecule has 7 heteroatoms. The number of imidazole rings is 1. The summed E-state index contributed by atoms with van der Waals surface area (Å²) in [4.78, 5) is 17.7. The van der Waals surface area contributed by atoms with E-state index in [1.54, 1.807) is 26.4 Å². The van der Waals surface area contributed by atoms with Crippen molar-refractivity contribution in [1.29, 1.82) is 0 Å². The molecule has 182 valence electrons. The van der Waals surface area contributed by atoms with Gasteiger partial charge in [-0.1, -0.05) is 18.2 Å². The minimum absolute atomic E-state index is 0.164. The molecule has 7 nitrogen and oxygen atoms in total. The normalized spacial score (nSPS) is 11.7. The summed E-state index contributed by atoms with van der Waals surface area (Å²) in [5.41, 5.74) is 2.52. The number of methoxy groups -OCH3 is 2. The molecule has 1 heterocycles. The summed E-state index contributed by atoms with van der Waals surface area (Å²) in [5, 5.41) is 3.08. The molecule has 0 aliphatic heterocycles. The van der Waals surface area contributed by atoms with Gasteiger partial charge in [0, 0.05) is 12.1 Å². The molecule has 35 heavy (non-hydrogen) atoms. The van der Waals surface area contributed by atoms with Crippen LogP contribution in [0.1, 0.15) is 42.0 Å². The first kappa shape index (κ1) is 24.1. The number of carbonyl (C=O) groups is 1. The molecule has 4 aromatic rings. The molecule has 1 atom stereocenters. The van der Waals surface area contributed by atoms with Crippen LogP contribution in [0.3, 0.4) is 0 Å². The molecule has 0 aliphatic rings. The second kappa shape index (κ2) is 11.4. The van der Waals surface area contributed by atoms with Crippen molar-refractivity contribution in [2.45, 2.75) is 32.4 Å². The summed E-state index contributed by atoms with van der Waals surface area (Å²) in [7, 11) is 3.24. The van der Waals surface area contributed by atoms with Crippen LogP contribution in [0.5, 0.6) is 17.2 Å². The van der Waals surface area contributed by atoms with Crippen LogP contribution < -0.4 is 19.5 Å². The van der Waals surface area contributed by atoms with Gasteiger partial charge < -0.3 is 24.1 Å². The molecule has 1 N–H and O–H groups in total. The van der Waals surface area contributed by atoms with Crippen LogP contribution in [0.25, 0.3) is 11.0 Å². The predicted molar refractivity (Wildman–Crippen MR) is 136 cm³/mol. The summed E-state index contributed by atoms with van der Waals surface area (Å²) >= 11 is 0. The van der Waals surface area contributed by atoms with Crippen LogP contribution in [-0.4, -0.2) is 36.3 Å². The van der Waals surface area contributed by atoms with Crippen LogP contribution in [0.2, 0.25) is 0 Å². The van der Waals surface area contributed by atoms with Crippen LogP contribution in [-0.2, 0) is 6.54 Å². The number of aromatic nitrogens is 2. The molecule has 3 aromatic carbocycles. The van der Waals surface area contributed by atoms with Crippen molar-refractivity contribution in [2.24, 2.45) is 0 Å². The van der Waals surface area contributed by atoms with Gasteiger partial charge in [0.1, 0.15) is 23.1 Å². The Labute approximate surface area is 205 Å². The highest BCUT2D eigenvalue weighted by molar-refractivity contribution is 5.94. The quantitative estimate of drug-likeness (QED) is 0.295. The monoisotopic (exact) mass is 473 g/mol. The Bertz CT molecular complexity index is 1270. The fraction of sp³-hybridized carbons (Fsp3) is 0.286. The summed E-state index contributed by atoms with van der Waals surface area (Å²) in [6.45, 7) is 3.36. The molecule has 0 bridgehead atoms. The second-order valence-electron chi connectivity index (χ2n) is 8.27. The number of nitrogens with zero attached hydrogens (tertiary/aromatic N) is 2. The average Bonchev–Trinajstić information content (AvgIpc) is 3.27. The van der Waals surface area contributed by atoms with Gasteiger partial charge in [-0.3, -0.25) is 4.79 Å². The van der Waals surface area contributed by atoms with Crippen molar-refractivity contribution in [1.82, 2.24) is 14.9 Å². The molecule has 0 spiro atoms. The molecule has 0 fully saturated rings. The van der Waals surface area contributed by atoms with Crippen LogP contribution >= 0.6 is 0 Å². The van der Waals surface area contributed by atoms with Crippen LogP contribution in [0, 0.1) is 0 Å². The summed E-state index contributed by atoms with van der Waals surface area (Å²) in [6, 6.07) is 22.5. The molecular formula is C28H31N3O4. The predicted octanol–water partition coefficient (Wildman–Crippen LogP) is 5.40. The molecule has 0 aliphatic carbocycles. The van der Waals surface area contributed by atoms with Gasteiger partial charge >= 0.3 is 0 Å². The molecule has 0 saturated carbocycles. The van der Waals surface area contributed by atoms with E-state index in [2.05, 4.69) is 16.0 Å².